The smallest absolute Gasteiger partial charge is 0.410 e. The predicted octanol–water partition coefficient (Wildman–Crippen LogP) is 5.27. The highest BCUT2D eigenvalue weighted by Crippen LogP contribution is 2.28. The summed E-state index contributed by atoms with van der Waals surface area (Å²) in [6.07, 6.45) is 2.56. The van der Waals surface area contributed by atoms with Gasteiger partial charge in [-0.3, -0.25) is 0 Å². The van der Waals surface area contributed by atoms with Gasteiger partial charge >= 0.3 is 6.09 Å². The minimum atomic E-state index is -0.263. The molecule has 0 bridgehead atoms. The Hall–Kier alpha value is -1.50. The van der Waals surface area contributed by atoms with Crippen molar-refractivity contribution in [2.75, 3.05) is 19.7 Å². The van der Waals surface area contributed by atoms with Crippen LogP contribution in [0.1, 0.15) is 25.0 Å². The molecule has 2 aromatic rings. The Labute approximate surface area is 166 Å². The Morgan fingerprint density at radius 1 is 1.31 bits per heavy atom. The lowest BCUT2D eigenvalue weighted by Crippen LogP contribution is -2.39. The van der Waals surface area contributed by atoms with E-state index in [1.54, 1.807) is 28.6 Å². The zero-order valence-electron chi connectivity index (χ0n) is 14.2. The van der Waals surface area contributed by atoms with Crippen LogP contribution >= 0.6 is 34.5 Å². The van der Waals surface area contributed by atoms with Crippen molar-refractivity contribution in [2.24, 2.45) is 5.92 Å². The number of hydrogen-bond donors (Lipinski definition) is 0. The first kappa shape index (κ1) is 19.3. The molecule has 0 saturated carbocycles. The molecule has 3 rings (SSSR count). The van der Waals surface area contributed by atoms with Crippen LogP contribution in [-0.2, 0) is 11.3 Å². The summed E-state index contributed by atoms with van der Waals surface area (Å²) in [7, 11) is 0. The second-order valence-electron chi connectivity index (χ2n) is 6.18. The number of benzene rings is 1. The number of hydrogen-bond acceptors (Lipinski definition) is 5. The van der Waals surface area contributed by atoms with Crippen molar-refractivity contribution < 1.29 is 14.3 Å². The number of carbonyl (C=O) groups is 1. The van der Waals surface area contributed by atoms with Gasteiger partial charge in [-0.05, 0) is 43.4 Å². The number of halogens is 2. The summed E-state index contributed by atoms with van der Waals surface area (Å²) in [5, 5.41) is 3.00. The highest BCUT2D eigenvalue weighted by atomic mass is 35.5. The van der Waals surface area contributed by atoms with Crippen molar-refractivity contribution in [1.29, 1.82) is 0 Å². The number of thiazole rings is 1. The van der Waals surface area contributed by atoms with Crippen molar-refractivity contribution >= 4 is 40.6 Å². The van der Waals surface area contributed by atoms with E-state index in [2.05, 4.69) is 4.98 Å². The van der Waals surface area contributed by atoms with Gasteiger partial charge in [0.1, 0.15) is 12.4 Å². The van der Waals surface area contributed by atoms with E-state index in [0.29, 0.717) is 41.4 Å². The SMILES string of the molecule is O=C(OCc1cscn1)N1CCC(CCOc2ccc(Cl)cc2Cl)CC1. The zero-order valence-corrected chi connectivity index (χ0v) is 16.5. The molecule has 0 atom stereocenters. The second kappa shape index (κ2) is 9.44. The summed E-state index contributed by atoms with van der Waals surface area (Å²) in [6.45, 7) is 2.25. The molecule has 1 amide bonds. The van der Waals surface area contributed by atoms with E-state index in [1.165, 1.54) is 11.3 Å². The van der Waals surface area contributed by atoms with Crippen LogP contribution in [0.2, 0.25) is 10.0 Å². The summed E-state index contributed by atoms with van der Waals surface area (Å²) in [5.74, 6) is 1.18. The number of rotatable bonds is 6. The minimum Gasteiger partial charge on any atom is -0.492 e. The topological polar surface area (TPSA) is 51.7 Å². The Morgan fingerprint density at radius 3 is 2.81 bits per heavy atom. The molecule has 140 valence electrons. The van der Waals surface area contributed by atoms with Gasteiger partial charge in [0.15, 0.2) is 0 Å². The fourth-order valence-corrected chi connectivity index (χ4v) is 3.87. The molecule has 1 aliphatic heterocycles. The Kier molecular flexibility index (Phi) is 7.00. The molecule has 1 fully saturated rings. The normalized spacial score (nSPS) is 15.1. The quantitative estimate of drug-likeness (QED) is 0.645. The highest BCUT2D eigenvalue weighted by Gasteiger charge is 2.24. The molecule has 0 N–H and O–H groups in total. The molecule has 26 heavy (non-hydrogen) atoms. The van der Waals surface area contributed by atoms with Gasteiger partial charge in [0.2, 0.25) is 0 Å². The van der Waals surface area contributed by atoms with E-state index in [4.69, 9.17) is 32.7 Å². The zero-order chi connectivity index (χ0) is 18.4. The summed E-state index contributed by atoms with van der Waals surface area (Å²) >= 11 is 13.5. The third kappa shape index (κ3) is 5.50. The maximum atomic E-state index is 12.1. The Bertz CT molecular complexity index is 719. The maximum Gasteiger partial charge on any atom is 0.410 e. The molecule has 1 aliphatic rings. The number of carbonyl (C=O) groups excluding carboxylic acids is 1. The van der Waals surface area contributed by atoms with E-state index in [1.807, 2.05) is 5.38 Å². The van der Waals surface area contributed by atoms with Crippen molar-refractivity contribution in [1.82, 2.24) is 9.88 Å². The average Bonchev–Trinajstić information content (AvgIpc) is 3.16. The fraction of sp³-hybridized carbons (Fsp3) is 0.444. The molecule has 1 saturated heterocycles. The number of nitrogens with zero attached hydrogens (tertiary/aromatic N) is 2. The first-order valence-electron chi connectivity index (χ1n) is 8.48. The number of piperidine rings is 1. The monoisotopic (exact) mass is 414 g/mol. The van der Waals surface area contributed by atoms with E-state index >= 15 is 0 Å². The largest absolute Gasteiger partial charge is 0.492 e. The van der Waals surface area contributed by atoms with Gasteiger partial charge in [-0.1, -0.05) is 23.2 Å². The van der Waals surface area contributed by atoms with Crippen LogP contribution in [0.4, 0.5) is 4.79 Å². The van der Waals surface area contributed by atoms with Crippen LogP contribution in [-0.4, -0.2) is 35.7 Å². The van der Waals surface area contributed by atoms with Gasteiger partial charge in [-0.2, -0.15) is 0 Å². The van der Waals surface area contributed by atoms with Crippen LogP contribution in [0, 0.1) is 5.92 Å². The summed E-state index contributed by atoms with van der Waals surface area (Å²) < 4.78 is 11.1. The van der Waals surface area contributed by atoms with E-state index < -0.39 is 0 Å². The summed E-state index contributed by atoms with van der Waals surface area (Å²) in [4.78, 5) is 18.0. The summed E-state index contributed by atoms with van der Waals surface area (Å²) in [5.41, 5.74) is 2.52. The standard InChI is InChI=1S/C18H20Cl2N2O3S/c19-14-1-2-17(16(20)9-14)24-8-5-13-3-6-22(7-4-13)18(23)25-10-15-11-26-12-21-15/h1-2,9,11-13H,3-8,10H2. The van der Waals surface area contributed by atoms with Crippen molar-refractivity contribution in [3.63, 3.8) is 0 Å². The molecule has 5 nitrogen and oxygen atoms in total. The second-order valence-corrected chi connectivity index (χ2v) is 7.74. The number of aromatic nitrogens is 1. The van der Waals surface area contributed by atoms with Crippen LogP contribution < -0.4 is 4.74 Å². The van der Waals surface area contributed by atoms with Gasteiger partial charge in [-0.15, -0.1) is 11.3 Å². The van der Waals surface area contributed by atoms with Crippen LogP contribution in [0.15, 0.2) is 29.1 Å². The molecule has 2 heterocycles. The number of likely N-dealkylation sites (tertiary alicyclic amines) is 1. The molecule has 1 aromatic carbocycles. The van der Waals surface area contributed by atoms with Crippen LogP contribution in [0.3, 0.4) is 0 Å². The average molecular weight is 415 g/mol. The molecule has 0 spiro atoms. The van der Waals surface area contributed by atoms with Gasteiger partial charge in [0, 0.05) is 23.5 Å². The minimum absolute atomic E-state index is 0.234. The molecule has 0 radical (unpaired) electrons. The first-order chi connectivity index (χ1) is 12.6. The Morgan fingerprint density at radius 2 is 2.12 bits per heavy atom. The van der Waals surface area contributed by atoms with E-state index in [-0.39, 0.29) is 12.7 Å². The lowest BCUT2D eigenvalue weighted by molar-refractivity contribution is 0.0792. The third-order valence-electron chi connectivity index (χ3n) is 4.38. The van der Waals surface area contributed by atoms with Gasteiger partial charge in [0.05, 0.1) is 22.8 Å². The van der Waals surface area contributed by atoms with Crippen LogP contribution in [0.25, 0.3) is 0 Å². The lowest BCUT2D eigenvalue weighted by Gasteiger charge is -2.31. The number of ether oxygens (including phenoxy) is 2. The van der Waals surface area contributed by atoms with Crippen LogP contribution in [0.5, 0.6) is 5.75 Å². The molecular weight excluding hydrogens is 395 g/mol. The summed E-state index contributed by atoms with van der Waals surface area (Å²) in [6, 6.07) is 5.22. The lowest BCUT2D eigenvalue weighted by atomic mass is 9.94. The maximum absolute atomic E-state index is 12.1. The first-order valence-corrected chi connectivity index (χ1v) is 10.2. The molecule has 0 unspecified atom stereocenters. The van der Waals surface area contributed by atoms with E-state index in [9.17, 15) is 4.79 Å². The van der Waals surface area contributed by atoms with E-state index in [0.717, 1.165) is 25.0 Å². The third-order valence-corrected chi connectivity index (χ3v) is 5.54. The van der Waals surface area contributed by atoms with Gasteiger partial charge < -0.3 is 14.4 Å². The molecule has 8 heteroatoms. The highest BCUT2D eigenvalue weighted by molar-refractivity contribution is 7.07. The van der Waals surface area contributed by atoms with Crippen molar-refractivity contribution in [3.8, 4) is 5.75 Å². The Balaban J connectivity index is 1.35. The van der Waals surface area contributed by atoms with Crippen molar-refractivity contribution in [2.45, 2.75) is 25.9 Å². The fourth-order valence-electron chi connectivity index (χ4n) is 2.87. The number of amides is 1. The molecule has 0 aliphatic carbocycles. The van der Waals surface area contributed by atoms with Crippen molar-refractivity contribution in [3.05, 3.63) is 44.8 Å². The van der Waals surface area contributed by atoms with Gasteiger partial charge in [0.25, 0.3) is 0 Å². The molecular formula is C18H20Cl2N2O3S. The van der Waals surface area contributed by atoms with Gasteiger partial charge in [-0.25, -0.2) is 9.78 Å². The predicted molar refractivity (Wildman–Crippen MR) is 103 cm³/mol. The molecule has 1 aromatic heterocycles.